The van der Waals surface area contributed by atoms with Gasteiger partial charge in [0.2, 0.25) is 0 Å². The van der Waals surface area contributed by atoms with Gasteiger partial charge in [-0.3, -0.25) is 9.78 Å². The first kappa shape index (κ1) is 20.2. The number of nitrogens with zero attached hydrogens (tertiary/aromatic N) is 3. The molecule has 2 heterocycles. The number of halogens is 1. The predicted molar refractivity (Wildman–Crippen MR) is 116 cm³/mol. The number of pyridine rings is 1. The van der Waals surface area contributed by atoms with Gasteiger partial charge in [-0.25, -0.2) is 14.4 Å². The van der Waals surface area contributed by atoms with E-state index >= 15 is 0 Å². The lowest BCUT2D eigenvalue weighted by Crippen LogP contribution is -2.19. The van der Waals surface area contributed by atoms with Crippen LogP contribution in [0.5, 0.6) is 5.75 Å². The number of fused-ring (bicyclic) bond motifs is 1. The Hall–Kier alpha value is -4.07. The molecule has 0 atom stereocenters. The SMILES string of the molecule is CNC(=O)c1ccc(CNc2ncnc3c(OC)cc(-c4ccc(F)cc4)cc23)cn1. The van der Waals surface area contributed by atoms with E-state index in [0.29, 0.717) is 29.3 Å². The molecule has 0 aliphatic rings. The largest absolute Gasteiger partial charge is 0.494 e. The van der Waals surface area contributed by atoms with Crippen molar-refractivity contribution in [2.45, 2.75) is 6.54 Å². The van der Waals surface area contributed by atoms with Gasteiger partial charge in [-0.1, -0.05) is 18.2 Å². The van der Waals surface area contributed by atoms with Crippen molar-refractivity contribution in [3.63, 3.8) is 0 Å². The van der Waals surface area contributed by atoms with Crippen molar-refractivity contribution in [3.8, 4) is 16.9 Å². The van der Waals surface area contributed by atoms with Gasteiger partial charge in [0.05, 0.1) is 7.11 Å². The molecule has 0 bridgehead atoms. The summed E-state index contributed by atoms with van der Waals surface area (Å²) in [5, 5.41) is 6.62. The fourth-order valence-corrected chi connectivity index (χ4v) is 3.22. The minimum atomic E-state index is -0.293. The molecule has 1 amide bonds. The molecule has 0 fully saturated rings. The summed E-state index contributed by atoms with van der Waals surface area (Å²) in [6, 6.07) is 13.6. The first-order chi connectivity index (χ1) is 15.1. The number of carbonyl (C=O) groups excluding carboxylic acids is 1. The zero-order valence-electron chi connectivity index (χ0n) is 17.0. The molecule has 2 aromatic carbocycles. The monoisotopic (exact) mass is 417 g/mol. The highest BCUT2D eigenvalue weighted by atomic mass is 19.1. The third-order valence-electron chi connectivity index (χ3n) is 4.85. The van der Waals surface area contributed by atoms with Crippen LogP contribution >= 0.6 is 0 Å². The number of methoxy groups -OCH3 is 1. The van der Waals surface area contributed by atoms with Crippen LogP contribution in [0.15, 0.2) is 61.1 Å². The Morgan fingerprint density at radius 3 is 2.52 bits per heavy atom. The lowest BCUT2D eigenvalue weighted by atomic mass is 10.0. The fraction of sp³-hybridized carbons (Fsp3) is 0.130. The summed E-state index contributed by atoms with van der Waals surface area (Å²) in [7, 11) is 3.15. The van der Waals surface area contributed by atoms with Crippen molar-refractivity contribution >= 4 is 22.6 Å². The van der Waals surface area contributed by atoms with Crippen LogP contribution in [0.1, 0.15) is 16.1 Å². The standard InChI is InChI=1S/C23H20FN5O2/c1-25-23(30)19-8-3-14(11-26-19)12-27-22-18-9-16(15-4-6-17(24)7-5-15)10-20(31-2)21(18)28-13-29-22/h3-11,13H,12H2,1-2H3,(H,25,30)(H,27,28,29). The number of anilines is 1. The third kappa shape index (κ3) is 4.28. The average molecular weight is 417 g/mol. The van der Waals surface area contributed by atoms with Crippen molar-refractivity contribution in [1.82, 2.24) is 20.3 Å². The van der Waals surface area contributed by atoms with Gasteiger partial charge >= 0.3 is 0 Å². The van der Waals surface area contributed by atoms with Gasteiger partial charge in [-0.2, -0.15) is 0 Å². The number of aromatic nitrogens is 3. The van der Waals surface area contributed by atoms with Crippen LogP contribution in [-0.4, -0.2) is 35.0 Å². The van der Waals surface area contributed by atoms with Crippen LogP contribution < -0.4 is 15.4 Å². The average Bonchev–Trinajstić information content (AvgIpc) is 2.82. The van der Waals surface area contributed by atoms with Gasteiger partial charge < -0.3 is 15.4 Å². The van der Waals surface area contributed by atoms with Gasteiger partial charge in [0.1, 0.15) is 34.9 Å². The topological polar surface area (TPSA) is 89.0 Å². The summed E-state index contributed by atoms with van der Waals surface area (Å²) in [6.07, 6.45) is 3.11. The number of benzene rings is 2. The predicted octanol–water partition coefficient (Wildman–Crippen LogP) is 3.81. The van der Waals surface area contributed by atoms with Crippen LogP contribution in [0.4, 0.5) is 10.2 Å². The lowest BCUT2D eigenvalue weighted by Gasteiger charge is -2.13. The summed E-state index contributed by atoms with van der Waals surface area (Å²) < 4.78 is 18.9. The number of amides is 1. The van der Waals surface area contributed by atoms with Crippen molar-refractivity contribution in [2.24, 2.45) is 0 Å². The van der Waals surface area contributed by atoms with Crippen molar-refractivity contribution in [1.29, 1.82) is 0 Å². The minimum Gasteiger partial charge on any atom is -0.494 e. The first-order valence-corrected chi connectivity index (χ1v) is 9.58. The fourth-order valence-electron chi connectivity index (χ4n) is 3.22. The number of rotatable bonds is 6. The third-order valence-corrected chi connectivity index (χ3v) is 4.85. The number of hydrogen-bond acceptors (Lipinski definition) is 6. The van der Waals surface area contributed by atoms with Crippen LogP contribution in [0.25, 0.3) is 22.0 Å². The van der Waals surface area contributed by atoms with Crippen LogP contribution in [0.2, 0.25) is 0 Å². The Morgan fingerprint density at radius 1 is 1.03 bits per heavy atom. The first-order valence-electron chi connectivity index (χ1n) is 9.58. The van der Waals surface area contributed by atoms with Crippen LogP contribution in [-0.2, 0) is 6.54 Å². The van der Waals surface area contributed by atoms with E-state index in [0.717, 1.165) is 22.1 Å². The summed E-state index contributed by atoms with van der Waals surface area (Å²) in [5.41, 5.74) is 3.62. The zero-order valence-corrected chi connectivity index (χ0v) is 17.0. The van der Waals surface area contributed by atoms with E-state index < -0.39 is 0 Å². The second-order valence-electron chi connectivity index (χ2n) is 6.79. The van der Waals surface area contributed by atoms with Gasteiger partial charge in [0.25, 0.3) is 5.91 Å². The molecule has 31 heavy (non-hydrogen) atoms. The van der Waals surface area contributed by atoms with Crippen molar-refractivity contribution in [2.75, 3.05) is 19.5 Å². The van der Waals surface area contributed by atoms with Gasteiger partial charge in [0.15, 0.2) is 0 Å². The molecule has 0 saturated heterocycles. The Kier molecular flexibility index (Phi) is 5.70. The van der Waals surface area contributed by atoms with Crippen molar-refractivity contribution in [3.05, 3.63) is 78.1 Å². The van der Waals surface area contributed by atoms with Crippen LogP contribution in [0, 0.1) is 5.82 Å². The number of nitrogens with one attached hydrogen (secondary N) is 2. The van der Waals surface area contributed by atoms with E-state index in [1.807, 2.05) is 18.2 Å². The molecule has 4 aromatic rings. The molecule has 156 valence electrons. The number of hydrogen-bond donors (Lipinski definition) is 2. The highest BCUT2D eigenvalue weighted by Crippen LogP contribution is 2.34. The van der Waals surface area contributed by atoms with E-state index in [-0.39, 0.29) is 11.7 Å². The van der Waals surface area contributed by atoms with Crippen molar-refractivity contribution < 1.29 is 13.9 Å². The summed E-state index contributed by atoms with van der Waals surface area (Å²) in [4.78, 5) is 24.6. The lowest BCUT2D eigenvalue weighted by molar-refractivity contribution is 0.0958. The van der Waals surface area contributed by atoms with E-state index in [9.17, 15) is 9.18 Å². The Morgan fingerprint density at radius 2 is 1.84 bits per heavy atom. The Bertz CT molecular complexity index is 1230. The van der Waals surface area contributed by atoms with Gasteiger partial charge in [-0.15, -0.1) is 0 Å². The molecule has 0 radical (unpaired) electrons. The van der Waals surface area contributed by atoms with Gasteiger partial charge in [-0.05, 0) is 47.0 Å². The summed E-state index contributed by atoms with van der Waals surface area (Å²) in [5.74, 6) is 0.696. The molecule has 0 spiro atoms. The maximum absolute atomic E-state index is 13.3. The number of carbonyl (C=O) groups is 1. The molecule has 8 heteroatoms. The zero-order chi connectivity index (χ0) is 21.8. The van der Waals surface area contributed by atoms with E-state index in [2.05, 4.69) is 25.6 Å². The second-order valence-corrected chi connectivity index (χ2v) is 6.79. The quantitative estimate of drug-likeness (QED) is 0.496. The normalized spacial score (nSPS) is 10.7. The molecular weight excluding hydrogens is 397 g/mol. The Balaban J connectivity index is 1.66. The molecule has 0 unspecified atom stereocenters. The molecule has 4 rings (SSSR count). The summed E-state index contributed by atoms with van der Waals surface area (Å²) >= 11 is 0. The summed E-state index contributed by atoms with van der Waals surface area (Å²) in [6.45, 7) is 0.455. The molecule has 0 aliphatic carbocycles. The molecular formula is C23H20FN5O2. The van der Waals surface area contributed by atoms with Gasteiger partial charge in [0, 0.05) is 25.2 Å². The van der Waals surface area contributed by atoms with E-state index in [1.54, 1.807) is 38.6 Å². The molecule has 0 aliphatic heterocycles. The smallest absolute Gasteiger partial charge is 0.269 e. The molecule has 2 N–H and O–H groups in total. The maximum Gasteiger partial charge on any atom is 0.269 e. The minimum absolute atomic E-state index is 0.235. The Labute approximate surface area is 178 Å². The number of ether oxygens (including phenoxy) is 1. The maximum atomic E-state index is 13.3. The molecule has 0 saturated carbocycles. The molecule has 2 aromatic heterocycles. The van der Waals surface area contributed by atoms with E-state index in [4.69, 9.17) is 4.74 Å². The highest BCUT2D eigenvalue weighted by Gasteiger charge is 2.12. The molecule has 7 nitrogen and oxygen atoms in total. The van der Waals surface area contributed by atoms with E-state index in [1.165, 1.54) is 18.5 Å². The highest BCUT2D eigenvalue weighted by molar-refractivity contribution is 5.96. The second kappa shape index (κ2) is 8.74. The van der Waals surface area contributed by atoms with Crippen LogP contribution in [0.3, 0.4) is 0 Å².